The third-order valence-corrected chi connectivity index (χ3v) is 2.21. The molecule has 7 heteroatoms. The molecular formula is C8H7BrF3NO2. The number of hydrogen-bond acceptors (Lipinski definition) is 2. The Bertz CT molecular complexity index is 413. The Hall–Kier alpha value is -0.980. The Morgan fingerprint density at radius 3 is 2.60 bits per heavy atom. The molecule has 0 atom stereocenters. The average molecular weight is 286 g/mol. The summed E-state index contributed by atoms with van der Waals surface area (Å²) in [6, 6.07) is 1.06. The smallest absolute Gasteiger partial charge is 0.404 e. The third-order valence-electron chi connectivity index (χ3n) is 1.61. The summed E-state index contributed by atoms with van der Waals surface area (Å²) in [4.78, 5) is 13.2. The summed E-state index contributed by atoms with van der Waals surface area (Å²) in [5.74, 6) is -0.362. The van der Waals surface area contributed by atoms with Crippen molar-refractivity contribution in [2.75, 3.05) is 0 Å². The van der Waals surface area contributed by atoms with Gasteiger partial charge in [0.15, 0.2) is 5.75 Å². The SMILES string of the molecule is Cc1[nH]c(=O)cc(CBr)c1OC(F)(F)F. The van der Waals surface area contributed by atoms with Crippen molar-refractivity contribution in [2.24, 2.45) is 0 Å². The first-order chi connectivity index (χ1) is 6.83. The van der Waals surface area contributed by atoms with Crippen molar-refractivity contribution in [2.45, 2.75) is 18.6 Å². The first-order valence-corrected chi connectivity index (χ1v) is 5.00. The van der Waals surface area contributed by atoms with Crippen LogP contribution in [0.1, 0.15) is 11.3 Å². The maximum absolute atomic E-state index is 12.0. The van der Waals surface area contributed by atoms with Gasteiger partial charge in [0, 0.05) is 17.0 Å². The molecule has 0 radical (unpaired) electrons. The number of ether oxygens (including phenoxy) is 1. The van der Waals surface area contributed by atoms with E-state index in [1.807, 2.05) is 0 Å². The normalized spacial score (nSPS) is 11.5. The van der Waals surface area contributed by atoms with Crippen LogP contribution in [-0.2, 0) is 5.33 Å². The molecular weight excluding hydrogens is 279 g/mol. The standard InChI is InChI=1S/C8H7BrF3NO2/c1-4-7(15-8(10,11)12)5(3-9)2-6(14)13-4/h2H,3H2,1H3,(H,13,14). The van der Waals surface area contributed by atoms with Crippen molar-refractivity contribution in [1.82, 2.24) is 4.98 Å². The molecule has 1 N–H and O–H groups in total. The molecule has 0 bridgehead atoms. The number of aryl methyl sites for hydroxylation is 1. The second-order valence-corrected chi connectivity index (χ2v) is 3.36. The molecule has 0 aliphatic rings. The van der Waals surface area contributed by atoms with Crippen molar-refractivity contribution in [3.8, 4) is 5.75 Å². The predicted octanol–water partition coefficient (Wildman–Crippen LogP) is 2.48. The zero-order valence-corrected chi connectivity index (χ0v) is 9.20. The highest BCUT2D eigenvalue weighted by atomic mass is 79.9. The molecule has 1 heterocycles. The number of halogens is 4. The average Bonchev–Trinajstić information content (AvgIpc) is 2.07. The zero-order valence-electron chi connectivity index (χ0n) is 7.61. The van der Waals surface area contributed by atoms with Crippen LogP contribution in [0.15, 0.2) is 10.9 Å². The van der Waals surface area contributed by atoms with Gasteiger partial charge in [-0.05, 0) is 6.92 Å². The van der Waals surface area contributed by atoms with E-state index in [2.05, 4.69) is 25.7 Å². The van der Waals surface area contributed by atoms with Gasteiger partial charge in [-0.2, -0.15) is 0 Å². The van der Waals surface area contributed by atoms with Crippen molar-refractivity contribution < 1.29 is 17.9 Å². The molecule has 0 aliphatic heterocycles. The number of alkyl halides is 4. The van der Waals surface area contributed by atoms with Crippen LogP contribution in [0, 0.1) is 6.92 Å². The fourth-order valence-electron chi connectivity index (χ4n) is 1.10. The van der Waals surface area contributed by atoms with E-state index in [-0.39, 0.29) is 22.3 Å². The first-order valence-electron chi connectivity index (χ1n) is 3.88. The van der Waals surface area contributed by atoms with Gasteiger partial charge in [0.25, 0.3) is 0 Å². The highest BCUT2D eigenvalue weighted by Gasteiger charge is 2.33. The van der Waals surface area contributed by atoms with Gasteiger partial charge >= 0.3 is 6.36 Å². The van der Waals surface area contributed by atoms with Crippen LogP contribution in [0.2, 0.25) is 0 Å². The van der Waals surface area contributed by atoms with Crippen molar-refractivity contribution >= 4 is 15.9 Å². The van der Waals surface area contributed by atoms with E-state index in [0.717, 1.165) is 6.07 Å². The van der Waals surface area contributed by atoms with E-state index in [4.69, 9.17) is 0 Å². The Kier molecular flexibility index (Phi) is 3.43. The van der Waals surface area contributed by atoms with E-state index in [0.29, 0.717) is 0 Å². The summed E-state index contributed by atoms with van der Waals surface area (Å²) in [5.41, 5.74) is -0.251. The Labute approximate surface area is 91.4 Å². The Balaban J connectivity index is 3.21. The minimum atomic E-state index is -4.76. The minimum absolute atomic E-state index is 0.0503. The number of hydrogen-bond donors (Lipinski definition) is 1. The number of nitrogens with one attached hydrogen (secondary N) is 1. The minimum Gasteiger partial charge on any atom is -0.404 e. The van der Waals surface area contributed by atoms with Crippen molar-refractivity contribution in [3.05, 3.63) is 27.7 Å². The van der Waals surface area contributed by atoms with Crippen LogP contribution in [0.4, 0.5) is 13.2 Å². The molecule has 1 aromatic heterocycles. The lowest BCUT2D eigenvalue weighted by molar-refractivity contribution is -0.275. The van der Waals surface area contributed by atoms with Gasteiger partial charge in [-0.15, -0.1) is 13.2 Å². The summed E-state index contributed by atoms with van der Waals surface area (Å²) in [6.07, 6.45) is -4.76. The maximum atomic E-state index is 12.0. The summed E-state index contributed by atoms with van der Waals surface area (Å²) in [5, 5.41) is 0.114. The Morgan fingerprint density at radius 1 is 1.53 bits per heavy atom. The molecule has 0 saturated carbocycles. The molecule has 0 fully saturated rings. The number of aromatic nitrogens is 1. The first kappa shape index (κ1) is 12.1. The van der Waals surface area contributed by atoms with Gasteiger partial charge in [0.05, 0.1) is 5.69 Å². The van der Waals surface area contributed by atoms with Gasteiger partial charge in [-0.1, -0.05) is 15.9 Å². The highest BCUT2D eigenvalue weighted by molar-refractivity contribution is 9.08. The maximum Gasteiger partial charge on any atom is 0.573 e. The third kappa shape index (κ3) is 3.26. The molecule has 0 amide bonds. The summed E-state index contributed by atoms with van der Waals surface area (Å²) in [6.45, 7) is 1.34. The van der Waals surface area contributed by atoms with E-state index >= 15 is 0 Å². The van der Waals surface area contributed by atoms with Gasteiger partial charge in [0.2, 0.25) is 5.56 Å². The molecule has 0 saturated heterocycles. The van der Waals surface area contributed by atoms with Crippen LogP contribution >= 0.6 is 15.9 Å². The number of pyridine rings is 1. The number of rotatable bonds is 2. The Morgan fingerprint density at radius 2 is 2.13 bits per heavy atom. The monoisotopic (exact) mass is 285 g/mol. The fourth-order valence-corrected chi connectivity index (χ4v) is 1.52. The van der Waals surface area contributed by atoms with Crippen LogP contribution in [-0.4, -0.2) is 11.3 Å². The molecule has 0 unspecified atom stereocenters. The lowest BCUT2D eigenvalue weighted by atomic mass is 10.2. The van der Waals surface area contributed by atoms with Crippen LogP contribution in [0.25, 0.3) is 0 Å². The van der Waals surface area contributed by atoms with Gasteiger partial charge in [0.1, 0.15) is 0 Å². The fraction of sp³-hybridized carbons (Fsp3) is 0.375. The van der Waals surface area contributed by atoms with Crippen molar-refractivity contribution in [1.29, 1.82) is 0 Å². The second kappa shape index (κ2) is 4.26. The van der Waals surface area contributed by atoms with Gasteiger partial charge in [-0.25, -0.2) is 0 Å². The molecule has 3 nitrogen and oxygen atoms in total. The topological polar surface area (TPSA) is 42.1 Å². The van der Waals surface area contributed by atoms with E-state index in [9.17, 15) is 18.0 Å². The molecule has 0 aromatic carbocycles. The van der Waals surface area contributed by atoms with E-state index in [1.165, 1.54) is 6.92 Å². The summed E-state index contributed by atoms with van der Waals surface area (Å²) < 4.78 is 39.8. The van der Waals surface area contributed by atoms with Crippen LogP contribution in [0.5, 0.6) is 5.75 Å². The molecule has 1 rings (SSSR count). The summed E-state index contributed by atoms with van der Waals surface area (Å²) >= 11 is 2.98. The van der Waals surface area contributed by atoms with E-state index < -0.39 is 11.9 Å². The molecule has 1 aromatic rings. The van der Waals surface area contributed by atoms with Gasteiger partial charge in [-0.3, -0.25) is 4.79 Å². The molecule has 84 valence electrons. The van der Waals surface area contributed by atoms with Gasteiger partial charge < -0.3 is 9.72 Å². The predicted molar refractivity (Wildman–Crippen MR) is 51.1 cm³/mol. The number of H-pyrrole nitrogens is 1. The molecule has 15 heavy (non-hydrogen) atoms. The zero-order chi connectivity index (χ0) is 11.6. The quantitative estimate of drug-likeness (QED) is 0.849. The second-order valence-electron chi connectivity index (χ2n) is 2.79. The van der Waals surface area contributed by atoms with Crippen LogP contribution < -0.4 is 10.3 Å². The lowest BCUT2D eigenvalue weighted by Gasteiger charge is -2.13. The lowest BCUT2D eigenvalue weighted by Crippen LogP contribution is -2.21. The molecule has 0 aliphatic carbocycles. The van der Waals surface area contributed by atoms with Crippen LogP contribution in [0.3, 0.4) is 0 Å². The highest BCUT2D eigenvalue weighted by Crippen LogP contribution is 2.28. The molecule has 0 spiro atoms. The van der Waals surface area contributed by atoms with Crippen molar-refractivity contribution in [3.63, 3.8) is 0 Å². The largest absolute Gasteiger partial charge is 0.573 e. The number of aromatic amines is 1. The van der Waals surface area contributed by atoms with E-state index in [1.54, 1.807) is 0 Å². The summed E-state index contributed by atoms with van der Waals surface area (Å²) in [7, 11) is 0.